The largest absolute Gasteiger partial charge is 0.330 e. The van der Waals surface area contributed by atoms with Crippen molar-refractivity contribution in [2.75, 3.05) is 5.32 Å². The third kappa shape index (κ3) is 3.24. The summed E-state index contributed by atoms with van der Waals surface area (Å²) < 4.78 is 6.35. The molecule has 1 aliphatic carbocycles. The fourth-order valence-corrected chi connectivity index (χ4v) is 3.22. The first kappa shape index (κ1) is 14.3. The number of hydrogen-bond donors (Lipinski definition) is 1. The first-order valence-electron chi connectivity index (χ1n) is 7.75. The van der Waals surface area contributed by atoms with Crippen molar-refractivity contribution in [3.63, 3.8) is 0 Å². The third-order valence-electron chi connectivity index (χ3n) is 3.86. The minimum Gasteiger partial charge on any atom is -0.330 e. The van der Waals surface area contributed by atoms with E-state index < -0.39 is 0 Å². The quantitative estimate of drug-likeness (QED) is 0.778. The Balaban J connectivity index is 1.49. The Hall–Kier alpha value is -2.28. The molecule has 0 spiro atoms. The molecule has 0 unspecified atom stereocenters. The van der Waals surface area contributed by atoms with Gasteiger partial charge in [0.05, 0.1) is 6.54 Å². The molecule has 0 atom stereocenters. The number of anilines is 2. The Morgan fingerprint density at radius 3 is 2.87 bits per heavy atom. The predicted octanol–water partition coefficient (Wildman–Crippen LogP) is 3.42. The molecule has 23 heavy (non-hydrogen) atoms. The van der Waals surface area contributed by atoms with Gasteiger partial charge in [-0.3, -0.25) is 0 Å². The number of rotatable bonds is 5. The summed E-state index contributed by atoms with van der Waals surface area (Å²) in [5.74, 6) is 3.31. The average molecular weight is 326 g/mol. The van der Waals surface area contributed by atoms with Crippen LogP contribution in [0.25, 0.3) is 0 Å². The van der Waals surface area contributed by atoms with Gasteiger partial charge in [-0.05, 0) is 44.4 Å². The Labute approximate surface area is 138 Å². The van der Waals surface area contributed by atoms with Crippen molar-refractivity contribution in [3.05, 3.63) is 47.3 Å². The van der Waals surface area contributed by atoms with E-state index in [1.807, 2.05) is 30.7 Å². The SMILES string of the molecule is Cc1nc(C)n(Cc2cccc(Nc3nc(C4CC4)ns3)c2)n1. The summed E-state index contributed by atoms with van der Waals surface area (Å²) in [6, 6.07) is 8.30. The molecule has 1 fully saturated rings. The second kappa shape index (κ2) is 5.73. The van der Waals surface area contributed by atoms with Gasteiger partial charge in [0, 0.05) is 23.1 Å². The van der Waals surface area contributed by atoms with E-state index in [-0.39, 0.29) is 0 Å². The van der Waals surface area contributed by atoms with Gasteiger partial charge in [-0.15, -0.1) is 0 Å². The van der Waals surface area contributed by atoms with Crippen LogP contribution in [0.1, 0.15) is 41.8 Å². The smallest absolute Gasteiger partial charge is 0.207 e. The minimum absolute atomic E-state index is 0.590. The highest BCUT2D eigenvalue weighted by atomic mass is 32.1. The van der Waals surface area contributed by atoms with Crippen LogP contribution in [0.5, 0.6) is 0 Å². The standard InChI is InChI=1S/C16H18N6S/c1-10-17-11(2)22(20-10)9-12-4-3-5-14(8-12)18-16-19-15(21-23-16)13-6-7-13/h3-5,8,13H,6-7,9H2,1-2H3,(H,18,19,21). The Morgan fingerprint density at radius 1 is 1.26 bits per heavy atom. The van der Waals surface area contributed by atoms with Crippen LogP contribution in [-0.2, 0) is 6.54 Å². The van der Waals surface area contributed by atoms with E-state index in [0.29, 0.717) is 12.5 Å². The van der Waals surface area contributed by atoms with Crippen molar-refractivity contribution in [2.45, 2.75) is 39.2 Å². The lowest BCUT2D eigenvalue weighted by atomic mass is 10.2. The van der Waals surface area contributed by atoms with Gasteiger partial charge < -0.3 is 5.32 Å². The van der Waals surface area contributed by atoms with Crippen molar-refractivity contribution >= 4 is 22.4 Å². The van der Waals surface area contributed by atoms with Crippen LogP contribution in [0.3, 0.4) is 0 Å². The summed E-state index contributed by atoms with van der Waals surface area (Å²) in [7, 11) is 0. The van der Waals surface area contributed by atoms with Gasteiger partial charge >= 0.3 is 0 Å². The first-order chi connectivity index (χ1) is 11.2. The Morgan fingerprint density at radius 2 is 2.13 bits per heavy atom. The number of nitrogens with zero attached hydrogens (tertiary/aromatic N) is 5. The summed E-state index contributed by atoms with van der Waals surface area (Å²) in [4.78, 5) is 8.91. The van der Waals surface area contributed by atoms with E-state index in [0.717, 1.165) is 28.3 Å². The molecule has 118 valence electrons. The van der Waals surface area contributed by atoms with Crippen molar-refractivity contribution in [1.29, 1.82) is 0 Å². The zero-order chi connectivity index (χ0) is 15.8. The van der Waals surface area contributed by atoms with Gasteiger partial charge in [-0.25, -0.2) is 14.6 Å². The molecule has 1 aliphatic rings. The van der Waals surface area contributed by atoms with Gasteiger partial charge in [-0.2, -0.15) is 9.47 Å². The minimum atomic E-state index is 0.590. The van der Waals surface area contributed by atoms with Gasteiger partial charge in [0.15, 0.2) is 0 Å². The van der Waals surface area contributed by atoms with E-state index in [4.69, 9.17) is 0 Å². The molecule has 3 aromatic rings. The number of aryl methyl sites for hydroxylation is 2. The highest BCUT2D eigenvalue weighted by Crippen LogP contribution is 2.39. The summed E-state index contributed by atoms with van der Waals surface area (Å²) in [5.41, 5.74) is 2.20. The molecule has 1 saturated carbocycles. The van der Waals surface area contributed by atoms with E-state index in [1.165, 1.54) is 29.9 Å². The lowest BCUT2D eigenvalue weighted by molar-refractivity contribution is 0.656. The number of aromatic nitrogens is 5. The van der Waals surface area contributed by atoms with Crippen molar-refractivity contribution < 1.29 is 0 Å². The van der Waals surface area contributed by atoms with Gasteiger partial charge in [0.1, 0.15) is 17.5 Å². The van der Waals surface area contributed by atoms with E-state index >= 15 is 0 Å². The monoisotopic (exact) mass is 326 g/mol. The molecule has 4 rings (SSSR count). The van der Waals surface area contributed by atoms with Crippen molar-refractivity contribution in [3.8, 4) is 0 Å². The second-order valence-electron chi connectivity index (χ2n) is 5.92. The van der Waals surface area contributed by atoms with Crippen LogP contribution in [0.2, 0.25) is 0 Å². The Kier molecular flexibility index (Phi) is 3.57. The molecule has 1 N–H and O–H groups in total. The molecule has 2 heterocycles. The molecule has 2 aromatic heterocycles. The molecule has 0 radical (unpaired) electrons. The van der Waals surface area contributed by atoms with Crippen LogP contribution >= 0.6 is 11.5 Å². The van der Waals surface area contributed by atoms with Crippen molar-refractivity contribution in [1.82, 2.24) is 24.1 Å². The molecule has 0 bridgehead atoms. The summed E-state index contributed by atoms with van der Waals surface area (Å²) in [6.45, 7) is 4.60. The van der Waals surface area contributed by atoms with Crippen LogP contribution in [0.4, 0.5) is 10.8 Å². The fourth-order valence-electron chi connectivity index (χ4n) is 2.55. The Bertz CT molecular complexity index is 833. The normalized spacial score (nSPS) is 14.2. The van der Waals surface area contributed by atoms with Crippen LogP contribution < -0.4 is 5.32 Å². The number of benzene rings is 1. The molecule has 1 aromatic carbocycles. The summed E-state index contributed by atoms with van der Waals surface area (Å²) in [6.07, 6.45) is 2.45. The fraction of sp³-hybridized carbons (Fsp3) is 0.375. The zero-order valence-electron chi connectivity index (χ0n) is 13.2. The predicted molar refractivity (Wildman–Crippen MR) is 90.2 cm³/mol. The molecule has 0 saturated heterocycles. The highest BCUT2D eigenvalue weighted by Gasteiger charge is 2.27. The van der Waals surface area contributed by atoms with E-state index in [2.05, 4.69) is 36.9 Å². The molecular weight excluding hydrogens is 308 g/mol. The van der Waals surface area contributed by atoms with Crippen LogP contribution in [0.15, 0.2) is 24.3 Å². The number of nitrogens with one attached hydrogen (secondary N) is 1. The zero-order valence-corrected chi connectivity index (χ0v) is 14.0. The maximum atomic E-state index is 4.57. The van der Waals surface area contributed by atoms with Gasteiger partial charge in [0.25, 0.3) is 0 Å². The van der Waals surface area contributed by atoms with Crippen LogP contribution in [-0.4, -0.2) is 24.1 Å². The average Bonchev–Trinajstić information content (AvgIpc) is 3.19. The first-order valence-corrected chi connectivity index (χ1v) is 8.52. The van der Waals surface area contributed by atoms with E-state index in [1.54, 1.807) is 0 Å². The summed E-state index contributed by atoms with van der Waals surface area (Å²) in [5, 5.41) is 8.62. The summed E-state index contributed by atoms with van der Waals surface area (Å²) >= 11 is 1.43. The number of hydrogen-bond acceptors (Lipinski definition) is 6. The maximum Gasteiger partial charge on any atom is 0.207 e. The van der Waals surface area contributed by atoms with E-state index in [9.17, 15) is 0 Å². The second-order valence-corrected chi connectivity index (χ2v) is 6.67. The van der Waals surface area contributed by atoms with Crippen LogP contribution in [0, 0.1) is 13.8 Å². The molecule has 6 nitrogen and oxygen atoms in total. The van der Waals surface area contributed by atoms with Crippen molar-refractivity contribution in [2.24, 2.45) is 0 Å². The third-order valence-corrected chi connectivity index (χ3v) is 4.50. The highest BCUT2D eigenvalue weighted by molar-refractivity contribution is 7.09. The maximum absolute atomic E-state index is 4.57. The molecular formula is C16H18N6S. The lowest BCUT2D eigenvalue weighted by Gasteiger charge is -2.07. The van der Waals surface area contributed by atoms with Gasteiger partial charge in [-0.1, -0.05) is 12.1 Å². The molecule has 0 aliphatic heterocycles. The van der Waals surface area contributed by atoms with Gasteiger partial charge in [0.2, 0.25) is 5.13 Å². The molecule has 0 amide bonds. The molecule has 7 heteroatoms. The lowest BCUT2D eigenvalue weighted by Crippen LogP contribution is -2.04. The topological polar surface area (TPSA) is 68.5 Å².